The molecule has 0 heterocycles. The molecule has 7 aromatic carbocycles. The van der Waals surface area contributed by atoms with E-state index in [4.69, 9.17) is 62.7 Å². The van der Waals surface area contributed by atoms with Crippen molar-refractivity contribution < 1.29 is 62.3 Å². The number of benzene rings is 7. The van der Waals surface area contributed by atoms with Crippen molar-refractivity contribution in [3.05, 3.63) is 337 Å². The maximum atomic E-state index is 12.3. The van der Waals surface area contributed by atoms with Crippen molar-refractivity contribution in [2.24, 2.45) is 0 Å². The van der Waals surface area contributed by atoms with Crippen LogP contribution >= 0.6 is 58.0 Å². The van der Waals surface area contributed by atoms with Crippen molar-refractivity contribution in [2.45, 2.75) is 6.92 Å². The summed E-state index contributed by atoms with van der Waals surface area (Å²) in [6, 6.07) is 49.0. The lowest BCUT2D eigenvalue weighted by atomic mass is 9.86. The molecule has 18 heteroatoms. The van der Waals surface area contributed by atoms with Crippen molar-refractivity contribution in [3.63, 3.8) is 0 Å². The van der Waals surface area contributed by atoms with E-state index in [0.717, 1.165) is 22.4 Å². The molecule has 474 valence electrons. The second-order valence-corrected chi connectivity index (χ2v) is 22.7. The summed E-state index contributed by atoms with van der Waals surface area (Å²) in [7, 11) is 0. The molecule has 0 radical (unpaired) electrons. The van der Waals surface area contributed by atoms with E-state index in [1.165, 1.54) is 103 Å². The smallest absolute Gasteiger partial charge is 0.194 e. The molecule has 0 aromatic heterocycles. The van der Waals surface area contributed by atoms with Gasteiger partial charge in [0.25, 0.3) is 0 Å². The van der Waals surface area contributed by atoms with Gasteiger partial charge in [-0.15, -0.1) is 0 Å². The Bertz CT molecular complexity index is 4740. The van der Waals surface area contributed by atoms with Gasteiger partial charge in [-0.2, -0.15) is 0 Å². The molecule has 7 aromatic rings. The lowest BCUT2D eigenvalue weighted by Gasteiger charge is -2.14. The summed E-state index contributed by atoms with van der Waals surface area (Å²) >= 11 is 29.3. The van der Waals surface area contributed by atoms with Gasteiger partial charge in [0.15, 0.2) is 69.4 Å². The largest absolute Gasteiger partial charge is 0.494 e. The van der Waals surface area contributed by atoms with E-state index < -0.39 is 0 Å². The number of carbonyl (C=O) groups excluding carboxylic acids is 12. The van der Waals surface area contributed by atoms with Gasteiger partial charge in [-0.1, -0.05) is 173 Å². The number of halogens is 5. The van der Waals surface area contributed by atoms with Crippen LogP contribution in [0.25, 0.3) is 33.4 Å². The van der Waals surface area contributed by atoms with Crippen LogP contribution in [0.5, 0.6) is 5.75 Å². The standard InChI is InChI=1S/C16H10O2.C14H12O3.2C12H6Cl2O2.C12H7ClO2.C12H8O2/c17-15-10-14(11-6-2-1-3-7-11)16(18)13-9-5-4-8-12(13)15;1-2-17-12-6-3-10(4-7-12)13-9-11(15)5-8-14(13)16;13-7-1-3-11(14)9(5-7)10-6-8(15)2-4-12(10)16;13-7-1-3-9(11(14)5-7)10-6-8(15)2-4-12(10)16;13-9-3-1-2-8(6-9)11-7-10(14)4-5-12(11)15;13-10-6-7-12(14)11(8-10)9-4-2-1-3-5-9/h1-10H;3-9H,2H2,1H3;2*1-6H;1-7H;1-8H. The topological polar surface area (TPSA) is 214 Å². The highest BCUT2D eigenvalue weighted by atomic mass is 35.5. The molecule has 6 aliphatic carbocycles. The second kappa shape index (κ2) is 33.7. The zero-order valence-electron chi connectivity index (χ0n) is 50.3. The van der Waals surface area contributed by atoms with Crippen LogP contribution in [0.1, 0.15) is 61.0 Å². The maximum Gasteiger partial charge on any atom is 0.194 e. The number of fused-ring (bicyclic) bond motifs is 1. The number of Topliss-reactive ketones (excluding diaryl/α,β-unsaturated/α-hetero) is 1. The first kappa shape index (κ1) is 70.8. The molecule has 0 amide bonds. The quantitative estimate of drug-likeness (QED) is 0.130. The number of carbonyl (C=O) groups is 12. The Hall–Kier alpha value is -11.0. The lowest BCUT2D eigenvalue weighted by Crippen LogP contribution is -2.15. The average molecular weight is 1370 g/mol. The molecule has 0 saturated heterocycles. The van der Waals surface area contributed by atoms with Gasteiger partial charge in [0, 0.05) is 75.8 Å². The molecular formula is C78H49Cl5O13. The van der Waals surface area contributed by atoms with Crippen LogP contribution in [-0.4, -0.2) is 76.0 Å². The third-order valence-corrected chi connectivity index (χ3v) is 15.3. The lowest BCUT2D eigenvalue weighted by molar-refractivity contribution is -0.113. The Kier molecular flexibility index (Phi) is 24.9. The summed E-state index contributed by atoms with van der Waals surface area (Å²) < 4.78 is 5.31. The van der Waals surface area contributed by atoms with E-state index >= 15 is 0 Å². The molecule has 0 spiro atoms. The fourth-order valence-corrected chi connectivity index (χ4v) is 10.5. The third-order valence-electron chi connectivity index (χ3n) is 13.9. The summed E-state index contributed by atoms with van der Waals surface area (Å²) in [5.74, 6) is -1.27. The highest BCUT2D eigenvalue weighted by Gasteiger charge is 2.26. The molecule has 13 nitrogen and oxygen atoms in total. The highest BCUT2D eigenvalue weighted by Crippen LogP contribution is 2.32. The van der Waals surface area contributed by atoms with Gasteiger partial charge in [-0.25, -0.2) is 0 Å². The van der Waals surface area contributed by atoms with Crippen LogP contribution in [0.3, 0.4) is 0 Å². The minimum Gasteiger partial charge on any atom is -0.494 e. The molecule has 6 aliphatic rings. The first-order valence-corrected chi connectivity index (χ1v) is 30.8. The van der Waals surface area contributed by atoms with Crippen molar-refractivity contribution in [1.29, 1.82) is 0 Å². The first-order valence-electron chi connectivity index (χ1n) is 28.9. The SMILES string of the molecule is CCOc1ccc(C2=CC(=O)C=CC2=O)cc1.O=C1C=C(c2ccccc2)C(=O)c2ccccc21.O=C1C=CC(=O)C(c2cc(Cl)ccc2Cl)=C1.O=C1C=CC(=O)C(c2ccc(Cl)cc2Cl)=C1.O=C1C=CC(=O)C(c2cccc(Cl)c2)=C1.O=C1C=CC(=O)C(c2ccccc2)=C1. The van der Waals surface area contributed by atoms with E-state index in [9.17, 15) is 57.5 Å². The Balaban J connectivity index is 0.000000148. The molecule has 0 aliphatic heterocycles. The molecule has 96 heavy (non-hydrogen) atoms. The van der Waals surface area contributed by atoms with E-state index in [-0.39, 0.29) is 75.0 Å². The van der Waals surface area contributed by atoms with Gasteiger partial charge >= 0.3 is 0 Å². The van der Waals surface area contributed by atoms with E-state index in [1.54, 1.807) is 103 Å². The molecule has 0 atom stereocenters. The fraction of sp³-hybridized carbons (Fsp3) is 0.0256. The van der Waals surface area contributed by atoms with Gasteiger partial charge in [0.05, 0.1) is 11.6 Å². The molecule has 13 rings (SSSR count). The van der Waals surface area contributed by atoms with Crippen LogP contribution in [0.4, 0.5) is 0 Å². The van der Waals surface area contributed by atoms with Crippen LogP contribution in [-0.2, 0) is 47.9 Å². The number of allylic oxidation sites excluding steroid dienone is 22. The molecule has 0 unspecified atom stereocenters. The molecule has 0 bridgehead atoms. The van der Waals surface area contributed by atoms with E-state index in [0.29, 0.717) is 87.4 Å². The number of ketones is 12. The number of hydrogen-bond donors (Lipinski definition) is 0. The van der Waals surface area contributed by atoms with Crippen LogP contribution in [0, 0.1) is 0 Å². The number of ether oxygens (including phenoxy) is 1. The number of rotatable bonds is 8. The van der Waals surface area contributed by atoms with Crippen molar-refractivity contribution in [1.82, 2.24) is 0 Å². The first-order chi connectivity index (χ1) is 46.1. The number of hydrogen-bond acceptors (Lipinski definition) is 13. The predicted molar refractivity (Wildman–Crippen MR) is 374 cm³/mol. The Morgan fingerprint density at radius 1 is 0.271 bits per heavy atom. The minimum atomic E-state index is -0.247. The van der Waals surface area contributed by atoms with Crippen molar-refractivity contribution in [3.8, 4) is 5.75 Å². The average Bonchev–Trinajstić information content (AvgIpc) is 0.802. The van der Waals surface area contributed by atoms with Gasteiger partial charge < -0.3 is 4.74 Å². The minimum absolute atomic E-state index is 0.0867. The fourth-order valence-electron chi connectivity index (χ4n) is 9.37. The molecule has 0 saturated carbocycles. The second-order valence-electron chi connectivity index (χ2n) is 20.5. The van der Waals surface area contributed by atoms with Gasteiger partial charge in [-0.3, -0.25) is 57.5 Å². The zero-order chi connectivity index (χ0) is 69.0. The van der Waals surface area contributed by atoms with Crippen LogP contribution < -0.4 is 4.74 Å². The molecular weight excluding hydrogens is 1320 g/mol. The molecule has 0 N–H and O–H groups in total. The zero-order valence-corrected chi connectivity index (χ0v) is 54.1. The van der Waals surface area contributed by atoms with E-state index in [2.05, 4.69) is 0 Å². The highest BCUT2D eigenvalue weighted by molar-refractivity contribution is 6.43. The van der Waals surface area contributed by atoms with Crippen LogP contribution in [0.15, 0.2) is 267 Å². The van der Waals surface area contributed by atoms with Crippen LogP contribution in [0.2, 0.25) is 25.1 Å². The van der Waals surface area contributed by atoms with Gasteiger partial charge in [0.1, 0.15) is 5.75 Å². The van der Waals surface area contributed by atoms with Gasteiger partial charge in [0.2, 0.25) is 0 Å². The normalized spacial score (nSPS) is 15.0. The monoisotopic (exact) mass is 1370 g/mol. The predicted octanol–water partition coefficient (Wildman–Crippen LogP) is 15.7. The summed E-state index contributed by atoms with van der Waals surface area (Å²) in [6.45, 7) is 2.51. The Labute approximate surface area is 575 Å². The van der Waals surface area contributed by atoms with Crippen molar-refractivity contribution >= 4 is 161 Å². The summed E-state index contributed by atoms with van der Waals surface area (Å²) in [6.07, 6.45) is 20.7. The summed E-state index contributed by atoms with van der Waals surface area (Å²) in [5, 5.41) is 2.25. The Morgan fingerprint density at radius 3 is 1.14 bits per heavy atom. The van der Waals surface area contributed by atoms with E-state index in [1.807, 2.05) is 67.6 Å². The summed E-state index contributed by atoms with van der Waals surface area (Å²) in [5.41, 5.74) is 7.30. The van der Waals surface area contributed by atoms with Gasteiger partial charge in [-0.05, 0) is 181 Å². The maximum absolute atomic E-state index is 12.3. The Morgan fingerprint density at radius 2 is 0.656 bits per heavy atom. The molecule has 0 fully saturated rings. The summed E-state index contributed by atoms with van der Waals surface area (Å²) in [4.78, 5) is 138. The third kappa shape index (κ3) is 19.3. The van der Waals surface area contributed by atoms with Crippen molar-refractivity contribution in [2.75, 3.05) is 6.61 Å².